The van der Waals surface area contributed by atoms with Crippen LogP contribution >= 0.6 is 0 Å². The maximum atomic E-state index is 13.0. The van der Waals surface area contributed by atoms with Crippen LogP contribution in [0.2, 0.25) is 0 Å². The lowest BCUT2D eigenvalue weighted by molar-refractivity contribution is -0.123. The average molecular weight is 550 g/mol. The average Bonchev–Trinajstić information content (AvgIpc) is 3.52. The highest BCUT2D eigenvalue weighted by Gasteiger charge is 2.34. The van der Waals surface area contributed by atoms with Crippen LogP contribution in [0.5, 0.6) is 17.2 Å². The number of nitrogens with one attached hydrogen (secondary N) is 2. The summed E-state index contributed by atoms with van der Waals surface area (Å²) in [6, 6.07) is 12.7. The van der Waals surface area contributed by atoms with Crippen LogP contribution < -0.4 is 24.8 Å². The molecule has 2 aromatic carbocycles. The second-order valence-corrected chi connectivity index (χ2v) is 8.59. The molecule has 2 N–H and O–H groups in total. The van der Waals surface area contributed by atoms with Crippen molar-refractivity contribution in [3.8, 4) is 17.2 Å². The lowest BCUT2D eigenvalue weighted by atomic mass is 10.1. The van der Waals surface area contributed by atoms with Crippen molar-refractivity contribution in [1.82, 2.24) is 10.2 Å². The molecule has 1 saturated heterocycles. The summed E-state index contributed by atoms with van der Waals surface area (Å²) in [5.74, 6) is -0.806. The Morgan fingerprint density at radius 3 is 2.30 bits per heavy atom. The van der Waals surface area contributed by atoms with E-state index < -0.39 is 17.9 Å². The van der Waals surface area contributed by atoms with Gasteiger partial charge in [0.15, 0.2) is 18.1 Å². The highest BCUT2D eigenvalue weighted by atomic mass is 16.5. The van der Waals surface area contributed by atoms with Gasteiger partial charge in [-0.2, -0.15) is 0 Å². The normalized spacial score (nSPS) is 13.7. The van der Waals surface area contributed by atoms with Crippen LogP contribution in [-0.2, 0) is 20.9 Å². The van der Waals surface area contributed by atoms with Crippen LogP contribution in [0.4, 0.5) is 10.5 Å². The second-order valence-electron chi connectivity index (χ2n) is 8.59. The molecule has 1 aliphatic rings. The van der Waals surface area contributed by atoms with Crippen molar-refractivity contribution in [3.05, 3.63) is 76.9 Å². The number of nitrogens with zero attached hydrogens (tertiary/aromatic N) is 1. The third-order valence-corrected chi connectivity index (χ3v) is 5.80. The van der Waals surface area contributed by atoms with E-state index in [0.717, 1.165) is 10.5 Å². The van der Waals surface area contributed by atoms with Crippen molar-refractivity contribution in [2.24, 2.45) is 0 Å². The van der Waals surface area contributed by atoms with Crippen molar-refractivity contribution in [2.75, 3.05) is 33.3 Å². The number of carbonyl (C=O) groups excluding carboxylic acids is 4. The van der Waals surface area contributed by atoms with E-state index >= 15 is 0 Å². The Morgan fingerprint density at radius 2 is 1.68 bits per heavy atom. The number of hydrogen-bond donors (Lipinski definition) is 2. The fourth-order valence-corrected chi connectivity index (χ4v) is 3.81. The van der Waals surface area contributed by atoms with Gasteiger partial charge in [-0.1, -0.05) is 17.7 Å². The summed E-state index contributed by atoms with van der Waals surface area (Å²) in [7, 11) is 4.05. The second kappa shape index (κ2) is 12.1. The topological polar surface area (TPSA) is 146 Å². The zero-order valence-corrected chi connectivity index (χ0v) is 22.2. The summed E-state index contributed by atoms with van der Waals surface area (Å²) in [6.07, 6.45) is 1.45. The molecule has 0 aliphatic carbocycles. The van der Waals surface area contributed by atoms with Crippen molar-refractivity contribution >= 4 is 35.6 Å². The van der Waals surface area contributed by atoms with Gasteiger partial charge in [-0.25, -0.2) is 9.59 Å². The maximum Gasteiger partial charge on any atom is 0.373 e. The van der Waals surface area contributed by atoms with Gasteiger partial charge in [0.05, 0.1) is 27.9 Å². The SMILES string of the molecule is COC(=O)c1ccc(CN2C(=O)N/C(=C\c3cc(OC)c(OCC(=O)Nc4ccc(C)cc4)c(OC)c3)C2=O)o1. The number of aryl methyl sites for hydroxylation is 1. The molecular formula is C28H27N3O9. The summed E-state index contributed by atoms with van der Waals surface area (Å²) in [5.41, 5.74) is 2.16. The standard InChI is InChI=1S/C28H27N3O9/c1-16-5-7-18(8-6-16)29-24(32)15-39-25-22(36-2)12-17(13-23(25)37-3)11-20-26(33)31(28(35)30-20)14-19-9-10-21(40-19)27(34)38-4/h5-13H,14-15H2,1-4H3,(H,29,32)(H,30,35)/b20-11-. The monoisotopic (exact) mass is 549 g/mol. The lowest BCUT2D eigenvalue weighted by Gasteiger charge is -2.15. The van der Waals surface area contributed by atoms with E-state index in [4.69, 9.17) is 18.6 Å². The minimum absolute atomic E-state index is 0.00000221. The number of furan rings is 1. The minimum atomic E-state index is -0.675. The first-order valence-corrected chi connectivity index (χ1v) is 12.0. The molecule has 0 bridgehead atoms. The number of rotatable bonds is 10. The third-order valence-electron chi connectivity index (χ3n) is 5.80. The van der Waals surface area contributed by atoms with E-state index in [0.29, 0.717) is 11.3 Å². The molecule has 4 rings (SSSR count). The number of carbonyl (C=O) groups is 4. The van der Waals surface area contributed by atoms with Crippen molar-refractivity contribution < 1.29 is 42.5 Å². The van der Waals surface area contributed by atoms with Crippen LogP contribution in [-0.4, -0.2) is 56.7 Å². The molecule has 1 aliphatic heterocycles. The Labute approximate surface area is 229 Å². The molecule has 0 radical (unpaired) electrons. The maximum absolute atomic E-state index is 13.0. The number of hydrogen-bond acceptors (Lipinski definition) is 9. The van der Waals surface area contributed by atoms with Crippen molar-refractivity contribution in [1.29, 1.82) is 0 Å². The summed E-state index contributed by atoms with van der Waals surface area (Å²) in [5, 5.41) is 5.27. The van der Waals surface area contributed by atoms with E-state index in [1.165, 1.54) is 39.5 Å². The van der Waals surface area contributed by atoms with Gasteiger partial charge in [-0.3, -0.25) is 14.5 Å². The molecule has 0 spiro atoms. The molecule has 3 aromatic rings. The summed E-state index contributed by atoms with van der Waals surface area (Å²) in [4.78, 5) is 50.4. The van der Waals surface area contributed by atoms with Gasteiger partial charge in [0.1, 0.15) is 11.5 Å². The molecule has 0 atom stereocenters. The Balaban J connectivity index is 1.48. The van der Waals surface area contributed by atoms with Gasteiger partial charge in [-0.15, -0.1) is 0 Å². The molecule has 0 unspecified atom stereocenters. The molecule has 0 saturated carbocycles. The zero-order valence-electron chi connectivity index (χ0n) is 22.2. The van der Waals surface area contributed by atoms with Crippen LogP contribution in [0.1, 0.15) is 27.4 Å². The van der Waals surface area contributed by atoms with Gasteiger partial charge < -0.3 is 34.0 Å². The molecule has 2 heterocycles. The fraction of sp³-hybridized carbons (Fsp3) is 0.214. The number of anilines is 1. The minimum Gasteiger partial charge on any atom is -0.493 e. The Bertz CT molecular complexity index is 1450. The van der Waals surface area contributed by atoms with Crippen LogP contribution in [0.15, 0.2) is 58.6 Å². The zero-order chi connectivity index (χ0) is 28.8. The third kappa shape index (κ3) is 6.23. The van der Waals surface area contributed by atoms with Gasteiger partial charge in [-0.05, 0) is 55.0 Å². The number of methoxy groups -OCH3 is 3. The fourth-order valence-electron chi connectivity index (χ4n) is 3.81. The number of imide groups is 1. The van der Waals surface area contributed by atoms with Crippen LogP contribution in [0.25, 0.3) is 6.08 Å². The van der Waals surface area contributed by atoms with Crippen LogP contribution in [0, 0.1) is 6.92 Å². The number of ether oxygens (including phenoxy) is 4. The highest BCUT2D eigenvalue weighted by molar-refractivity contribution is 6.13. The van der Waals surface area contributed by atoms with Gasteiger partial charge in [0.2, 0.25) is 11.5 Å². The Kier molecular flexibility index (Phi) is 8.38. The predicted molar refractivity (Wildman–Crippen MR) is 142 cm³/mol. The van der Waals surface area contributed by atoms with Crippen molar-refractivity contribution in [2.45, 2.75) is 13.5 Å². The molecule has 208 valence electrons. The summed E-state index contributed by atoms with van der Waals surface area (Å²) >= 11 is 0. The molecule has 40 heavy (non-hydrogen) atoms. The van der Waals surface area contributed by atoms with Gasteiger partial charge in [0.25, 0.3) is 11.8 Å². The summed E-state index contributed by atoms with van der Waals surface area (Å²) < 4.78 is 26.5. The molecule has 1 aromatic heterocycles. The number of urea groups is 1. The smallest absolute Gasteiger partial charge is 0.373 e. The predicted octanol–water partition coefficient (Wildman–Crippen LogP) is 3.50. The molecular weight excluding hydrogens is 522 g/mol. The largest absolute Gasteiger partial charge is 0.493 e. The number of benzene rings is 2. The van der Waals surface area contributed by atoms with Gasteiger partial charge >= 0.3 is 12.0 Å². The molecule has 12 heteroatoms. The van der Waals surface area contributed by atoms with E-state index in [-0.39, 0.29) is 53.5 Å². The molecule has 4 amide bonds. The van der Waals surface area contributed by atoms with E-state index in [9.17, 15) is 19.2 Å². The first-order valence-electron chi connectivity index (χ1n) is 12.0. The molecule has 1 fully saturated rings. The summed E-state index contributed by atoms with van der Waals surface area (Å²) in [6.45, 7) is 1.45. The highest BCUT2D eigenvalue weighted by Crippen LogP contribution is 2.39. The Hall–Kier alpha value is -5.26. The van der Waals surface area contributed by atoms with Crippen molar-refractivity contribution in [3.63, 3.8) is 0 Å². The van der Waals surface area contributed by atoms with E-state index in [1.54, 1.807) is 24.3 Å². The Morgan fingerprint density at radius 1 is 1.00 bits per heavy atom. The van der Waals surface area contributed by atoms with E-state index in [1.807, 2.05) is 19.1 Å². The lowest BCUT2D eigenvalue weighted by Crippen LogP contribution is -2.30. The van der Waals surface area contributed by atoms with Gasteiger partial charge in [0, 0.05) is 5.69 Å². The van der Waals surface area contributed by atoms with E-state index in [2.05, 4.69) is 15.4 Å². The van der Waals surface area contributed by atoms with Crippen LogP contribution in [0.3, 0.4) is 0 Å². The quantitative estimate of drug-likeness (QED) is 0.220. The molecule has 12 nitrogen and oxygen atoms in total. The first-order chi connectivity index (χ1) is 19.2. The first kappa shape index (κ1) is 27.8. The number of amides is 4. The number of esters is 1.